The Bertz CT molecular complexity index is 1900. The first kappa shape index (κ1) is 42.0. The van der Waals surface area contributed by atoms with Crippen LogP contribution in [0.4, 0.5) is 9.59 Å². The highest BCUT2D eigenvalue weighted by Crippen LogP contribution is 2.53. The van der Waals surface area contributed by atoms with E-state index in [0.717, 1.165) is 21.2 Å². The lowest BCUT2D eigenvalue weighted by molar-refractivity contribution is -0.135. The summed E-state index contributed by atoms with van der Waals surface area (Å²) < 4.78 is 11.5. The van der Waals surface area contributed by atoms with Gasteiger partial charge in [-0.15, -0.1) is 0 Å². The number of urea groups is 2. The van der Waals surface area contributed by atoms with E-state index in [9.17, 15) is 19.2 Å². The summed E-state index contributed by atoms with van der Waals surface area (Å²) in [7, 11) is 0. The average molecular weight is 783 g/mol. The topological polar surface area (TPSA) is 188 Å². The van der Waals surface area contributed by atoms with Crippen LogP contribution in [0, 0.1) is 0 Å². The van der Waals surface area contributed by atoms with Crippen LogP contribution in [0.2, 0.25) is 0 Å². The van der Waals surface area contributed by atoms with E-state index in [2.05, 4.69) is 21.1 Å². The molecule has 55 heavy (non-hydrogen) atoms. The Morgan fingerprint density at radius 1 is 0.527 bits per heavy atom. The van der Waals surface area contributed by atoms with E-state index < -0.39 is 37.8 Å². The molecule has 0 heterocycles. The minimum Gasteiger partial charge on any atom is -0.462 e. The van der Waals surface area contributed by atoms with Gasteiger partial charge in [-0.2, -0.15) is 10.2 Å². The molecule has 0 saturated heterocycles. The number of carbonyl (C=O) groups is 4. The van der Waals surface area contributed by atoms with Crippen LogP contribution < -0.4 is 43.5 Å². The van der Waals surface area contributed by atoms with Crippen molar-refractivity contribution in [2.75, 3.05) is 25.5 Å². The molecule has 14 heteroatoms. The fraction of sp³-hybridized carbons (Fsp3) is 0.220. The summed E-state index contributed by atoms with van der Waals surface area (Å²) in [5, 5.41) is 12.8. The summed E-state index contributed by atoms with van der Waals surface area (Å²) >= 11 is 0. The Hall–Kier alpha value is -5.70. The molecule has 0 spiro atoms. The number of carbonyl (C=O) groups excluding carboxylic acids is 4. The monoisotopic (exact) mass is 782 g/mol. The van der Waals surface area contributed by atoms with Crippen LogP contribution in [0.15, 0.2) is 132 Å². The Morgan fingerprint density at radius 2 is 0.800 bits per heavy atom. The molecule has 0 atom stereocenters. The SMILES string of the molecule is CCOC(=O)C(/C(C)=N/NC(N)=O)=P(CCCP(=C(C(=O)OCC)/C(C)=N/NC(N)=O)(c1ccccc1)c1ccccc1)(c1ccccc1)c1ccccc1. The van der Waals surface area contributed by atoms with Gasteiger partial charge < -0.3 is 20.9 Å². The fourth-order valence-corrected chi connectivity index (χ4v) is 16.1. The molecule has 0 aromatic heterocycles. The number of nitrogens with two attached hydrogens (primary N) is 2. The number of benzene rings is 4. The predicted molar refractivity (Wildman–Crippen MR) is 227 cm³/mol. The lowest BCUT2D eigenvalue weighted by Crippen LogP contribution is -2.37. The van der Waals surface area contributed by atoms with E-state index in [1.807, 2.05) is 121 Å². The molecule has 0 saturated carbocycles. The third-order valence-corrected chi connectivity index (χ3v) is 18.1. The number of hydrogen-bond donors (Lipinski definition) is 4. The van der Waals surface area contributed by atoms with Crippen LogP contribution in [0.3, 0.4) is 0 Å². The summed E-state index contributed by atoms with van der Waals surface area (Å²) in [6, 6.07) is 37.2. The number of amides is 4. The van der Waals surface area contributed by atoms with Crippen molar-refractivity contribution in [2.45, 2.75) is 34.1 Å². The number of esters is 2. The van der Waals surface area contributed by atoms with E-state index in [-0.39, 0.29) is 24.6 Å². The average Bonchev–Trinajstić information content (AvgIpc) is 3.19. The summed E-state index contributed by atoms with van der Waals surface area (Å²) in [6.07, 6.45) is 1.31. The number of hydrazone groups is 2. The van der Waals surface area contributed by atoms with Crippen molar-refractivity contribution in [3.8, 4) is 0 Å². The minimum absolute atomic E-state index is 0.106. The van der Waals surface area contributed by atoms with Crippen LogP contribution in [0.25, 0.3) is 0 Å². The van der Waals surface area contributed by atoms with Crippen LogP contribution >= 0.6 is 13.8 Å². The highest BCUT2D eigenvalue weighted by atomic mass is 31.2. The fourth-order valence-electron chi connectivity index (χ4n) is 6.77. The van der Waals surface area contributed by atoms with Crippen molar-refractivity contribution in [1.29, 1.82) is 0 Å². The minimum atomic E-state index is -2.99. The maximum absolute atomic E-state index is 14.3. The second-order valence-corrected chi connectivity index (χ2v) is 19.3. The molecular formula is C41H48N6O6P2. The molecule has 0 fully saturated rings. The number of nitrogens with one attached hydrogen (secondary N) is 2. The third kappa shape index (κ3) is 9.89. The summed E-state index contributed by atoms with van der Waals surface area (Å²) in [5.74, 6) is -1.13. The standard InChI is InChI=1S/C41H48N6O6P2/c1-5-52-38(48)36(30(3)44-46-40(42)50)54(32-20-11-7-12-21-32,33-22-13-8-14-23-33)28-19-29-55(34-24-15-9-16-25-34,35-26-17-10-18-27-35)37(39(49)53-6-2)31(4)45-47-41(43)51/h7-18,20-27H,5-6,19,28-29H2,1-4H3,(H3,42,46,50)(H3,43,47,51)/b44-30+,45-31+. The lowest BCUT2D eigenvalue weighted by atomic mass is 10.3. The number of hydrogen-bond acceptors (Lipinski definition) is 8. The van der Waals surface area contributed by atoms with E-state index in [1.54, 1.807) is 27.7 Å². The van der Waals surface area contributed by atoms with Crippen LogP contribution in [-0.2, 0) is 19.1 Å². The highest BCUT2D eigenvalue weighted by Gasteiger charge is 2.37. The van der Waals surface area contributed by atoms with Crippen molar-refractivity contribution in [3.63, 3.8) is 0 Å². The molecular weight excluding hydrogens is 734 g/mol. The van der Waals surface area contributed by atoms with Gasteiger partial charge in [0, 0.05) is 0 Å². The van der Waals surface area contributed by atoms with E-state index in [4.69, 9.17) is 20.9 Å². The molecule has 0 aliphatic heterocycles. The first-order chi connectivity index (χ1) is 26.5. The lowest BCUT2D eigenvalue weighted by Gasteiger charge is -2.35. The Balaban J connectivity index is 2.18. The maximum Gasteiger partial charge on any atom is 0.340 e. The summed E-state index contributed by atoms with van der Waals surface area (Å²) in [4.78, 5) is 52.4. The van der Waals surface area contributed by atoms with Crippen LogP contribution in [0.1, 0.15) is 34.1 Å². The molecule has 288 valence electrons. The molecule has 4 aromatic rings. The molecule has 0 unspecified atom stereocenters. The van der Waals surface area contributed by atoms with E-state index in [1.165, 1.54) is 0 Å². The smallest absolute Gasteiger partial charge is 0.340 e. The second-order valence-electron chi connectivity index (χ2n) is 12.2. The van der Waals surface area contributed by atoms with Gasteiger partial charge in [0.15, 0.2) is 0 Å². The van der Waals surface area contributed by atoms with Gasteiger partial charge in [-0.05, 0) is 81.4 Å². The van der Waals surface area contributed by atoms with Crippen LogP contribution in [0.5, 0.6) is 0 Å². The molecule has 4 rings (SSSR count). The Labute approximate surface area is 322 Å². The van der Waals surface area contributed by atoms with Gasteiger partial charge in [0.1, 0.15) is 0 Å². The molecule has 0 radical (unpaired) electrons. The first-order valence-electron chi connectivity index (χ1n) is 17.8. The Kier molecular flexibility index (Phi) is 15.4. The van der Waals surface area contributed by atoms with Gasteiger partial charge >= 0.3 is 24.0 Å². The molecule has 4 aromatic carbocycles. The largest absolute Gasteiger partial charge is 0.462 e. The summed E-state index contributed by atoms with van der Waals surface area (Å²) in [6.45, 7) is 1.02. The van der Waals surface area contributed by atoms with Gasteiger partial charge in [-0.25, -0.2) is 30.0 Å². The van der Waals surface area contributed by atoms with Gasteiger partial charge in [0.05, 0.1) is 35.2 Å². The molecule has 0 bridgehead atoms. The number of ether oxygens (including phenoxy) is 2. The van der Waals surface area contributed by atoms with Crippen molar-refractivity contribution < 1.29 is 28.7 Å². The zero-order valence-corrected chi connectivity index (χ0v) is 33.3. The van der Waals surface area contributed by atoms with Crippen molar-refractivity contribution in [2.24, 2.45) is 21.7 Å². The van der Waals surface area contributed by atoms with Gasteiger partial charge in [-0.3, -0.25) is 0 Å². The quantitative estimate of drug-likeness (QED) is 0.0569. The van der Waals surface area contributed by atoms with E-state index in [0.29, 0.717) is 29.3 Å². The first-order valence-corrected chi connectivity index (χ1v) is 21.8. The van der Waals surface area contributed by atoms with Gasteiger partial charge in [0.2, 0.25) is 0 Å². The summed E-state index contributed by atoms with van der Waals surface area (Å²) in [5.41, 5.74) is 16.0. The number of nitrogens with zero attached hydrogens (tertiary/aromatic N) is 2. The normalized spacial score (nSPS) is 11.9. The highest BCUT2D eigenvalue weighted by molar-refractivity contribution is 7.93. The van der Waals surface area contributed by atoms with Crippen molar-refractivity contribution in [3.05, 3.63) is 121 Å². The van der Waals surface area contributed by atoms with Crippen LogP contribution in [-0.4, -0.2) is 71.5 Å². The number of primary amides is 2. The molecule has 0 aliphatic carbocycles. The predicted octanol–water partition coefficient (Wildman–Crippen LogP) is 4.27. The van der Waals surface area contributed by atoms with Crippen molar-refractivity contribution in [1.82, 2.24) is 10.9 Å². The number of rotatable bonds is 16. The zero-order chi connectivity index (χ0) is 39.8. The van der Waals surface area contributed by atoms with Gasteiger partial charge in [-0.1, -0.05) is 121 Å². The molecule has 6 N–H and O–H groups in total. The molecule has 12 nitrogen and oxygen atoms in total. The van der Waals surface area contributed by atoms with Crippen molar-refractivity contribution >= 4 is 81.0 Å². The van der Waals surface area contributed by atoms with E-state index >= 15 is 0 Å². The Morgan fingerprint density at radius 3 is 1.04 bits per heavy atom. The zero-order valence-electron chi connectivity index (χ0n) is 31.5. The molecule has 0 aliphatic rings. The molecule has 4 amide bonds. The maximum atomic E-state index is 14.3. The van der Waals surface area contributed by atoms with Gasteiger partial charge in [0.25, 0.3) is 0 Å². The third-order valence-electron chi connectivity index (χ3n) is 8.83. The second kappa shape index (κ2) is 20.1.